The van der Waals surface area contributed by atoms with E-state index in [1.54, 1.807) is 11.3 Å². The Morgan fingerprint density at radius 2 is 2.06 bits per heavy atom. The van der Waals surface area contributed by atoms with Crippen LogP contribution in [0.3, 0.4) is 0 Å². The van der Waals surface area contributed by atoms with Crippen LogP contribution in [-0.2, 0) is 11.3 Å². The van der Waals surface area contributed by atoms with Crippen LogP contribution in [0, 0.1) is 0 Å². The average Bonchev–Trinajstić information content (AvgIpc) is 3.09. The summed E-state index contributed by atoms with van der Waals surface area (Å²) in [5.41, 5.74) is 0. The summed E-state index contributed by atoms with van der Waals surface area (Å²) < 4.78 is 11.1. The van der Waals surface area contributed by atoms with Crippen molar-refractivity contribution in [2.75, 3.05) is 13.2 Å². The van der Waals surface area contributed by atoms with E-state index in [1.807, 2.05) is 0 Å². The molecule has 6 heteroatoms. The van der Waals surface area contributed by atoms with Crippen LogP contribution >= 0.6 is 11.3 Å². The molecule has 0 aromatic carbocycles. The molecule has 94 valence electrons. The molecular formula is C11H17N3O2S. The lowest BCUT2D eigenvalue weighted by Gasteiger charge is -2.21. The van der Waals surface area contributed by atoms with Crippen molar-refractivity contribution in [3.05, 3.63) is 5.01 Å². The van der Waals surface area contributed by atoms with Gasteiger partial charge in [0.2, 0.25) is 0 Å². The van der Waals surface area contributed by atoms with Crippen molar-refractivity contribution < 1.29 is 9.47 Å². The second-order valence-corrected chi connectivity index (χ2v) is 5.57. The Morgan fingerprint density at radius 3 is 2.82 bits per heavy atom. The van der Waals surface area contributed by atoms with Crippen LogP contribution in [0.15, 0.2) is 0 Å². The molecule has 5 nitrogen and oxygen atoms in total. The van der Waals surface area contributed by atoms with Gasteiger partial charge in [0, 0.05) is 18.9 Å². The summed E-state index contributed by atoms with van der Waals surface area (Å²) >= 11 is 1.55. The van der Waals surface area contributed by atoms with Gasteiger partial charge in [-0.05, 0) is 12.8 Å². The van der Waals surface area contributed by atoms with E-state index in [0.717, 1.165) is 37.6 Å². The van der Waals surface area contributed by atoms with Crippen molar-refractivity contribution in [3.63, 3.8) is 0 Å². The lowest BCUT2D eigenvalue weighted by Crippen LogP contribution is -2.25. The molecular weight excluding hydrogens is 238 g/mol. The van der Waals surface area contributed by atoms with Crippen molar-refractivity contribution >= 4 is 11.3 Å². The van der Waals surface area contributed by atoms with Crippen molar-refractivity contribution in [1.82, 2.24) is 15.5 Å². The van der Waals surface area contributed by atoms with Crippen LogP contribution in [0.4, 0.5) is 0 Å². The van der Waals surface area contributed by atoms with E-state index in [1.165, 1.54) is 12.8 Å². The standard InChI is InChI=1S/C11H17N3O2S/c1-2-8(1)12-7-10-13-14-11(17-10)16-9-3-5-15-6-4-9/h8-9,12H,1-7H2. The van der Waals surface area contributed by atoms with Crippen molar-refractivity contribution in [3.8, 4) is 5.19 Å². The molecule has 1 aromatic rings. The molecule has 2 fully saturated rings. The van der Waals surface area contributed by atoms with Gasteiger partial charge in [-0.3, -0.25) is 0 Å². The van der Waals surface area contributed by atoms with Gasteiger partial charge in [0.25, 0.3) is 5.19 Å². The third kappa shape index (κ3) is 3.37. The highest BCUT2D eigenvalue weighted by atomic mass is 32.1. The Balaban J connectivity index is 1.48. The van der Waals surface area contributed by atoms with Gasteiger partial charge < -0.3 is 14.8 Å². The Hall–Kier alpha value is -0.720. The van der Waals surface area contributed by atoms with Gasteiger partial charge in [-0.1, -0.05) is 16.4 Å². The van der Waals surface area contributed by atoms with E-state index in [-0.39, 0.29) is 6.10 Å². The molecule has 0 radical (unpaired) electrons. The average molecular weight is 255 g/mol. The number of ether oxygens (including phenoxy) is 2. The molecule has 2 aliphatic rings. The van der Waals surface area contributed by atoms with Gasteiger partial charge >= 0.3 is 0 Å². The van der Waals surface area contributed by atoms with Crippen LogP contribution in [0.2, 0.25) is 0 Å². The van der Waals surface area contributed by atoms with E-state index >= 15 is 0 Å². The van der Waals surface area contributed by atoms with Gasteiger partial charge in [-0.15, -0.1) is 5.10 Å². The summed E-state index contributed by atoms with van der Waals surface area (Å²) in [6.45, 7) is 2.40. The maximum Gasteiger partial charge on any atom is 0.294 e. The zero-order valence-electron chi connectivity index (χ0n) is 9.72. The van der Waals surface area contributed by atoms with Crippen LogP contribution in [0.25, 0.3) is 0 Å². The van der Waals surface area contributed by atoms with Crippen molar-refractivity contribution in [1.29, 1.82) is 0 Å². The van der Waals surface area contributed by atoms with Crippen LogP contribution < -0.4 is 10.1 Å². The van der Waals surface area contributed by atoms with E-state index < -0.39 is 0 Å². The molecule has 17 heavy (non-hydrogen) atoms. The van der Waals surface area contributed by atoms with Gasteiger partial charge in [-0.25, -0.2) is 0 Å². The Bertz CT molecular complexity index is 361. The van der Waals surface area contributed by atoms with Crippen molar-refractivity contribution in [2.45, 2.75) is 44.4 Å². The molecule has 0 spiro atoms. The summed E-state index contributed by atoms with van der Waals surface area (Å²) in [5, 5.41) is 13.3. The molecule has 0 atom stereocenters. The van der Waals surface area contributed by atoms with Crippen LogP contribution in [0.5, 0.6) is 5.19 Å². The lowest BCUT2D eigenvalue weighted by atomic mass is 10.2. The zero-order chi connectivity index (χ0) is 11.5. The highest BCUT2D eigenvalue weighted by molar-refractivity contribution is 7.13. The fraction of sp³-hybridized carbons (Fsp3) is 0.818. The largest absolute Gasteiger partial charge is 0.465 e. The summed E-state index contributed by atoms with van der Waals surface area (Å²) in [7, 11) is 0. The summed E-state index contributed by atoms with van der Waals surface area (Å²) in [6.07, 6.45) is 4.75. The minimum atomic E-state index is 0.251. The predicted octanol–water partition coefficient (Wildman–Crippen LogP) is 1.35. The van der Waals surface area contributed by atoms with E-state index in [9.17, 15) is 0 Å². The number of hydrogen-bond donors (Lipinski definition) is 1. The molecule has 1 aromatic heterocycles. The zero-order valence-corrected chi connectivity index (χ0v) is 10.5. The Morgan fingerprint density at radius 1 is 1.24 bits per heavy atom. The molecule has 3 rings (SSSR count). The first-order chi connectivity index (χ1) is 8.40. The molecule has 1 saturated carbocycles. The highest BCUT2D eigenvalue weighted by Gasteiger charge is 2.21. The van der Waals surface area contributed by atoms with E-state index in [4.69, 9.17) is 9.47 Å². The summed E-state index contributed by atoms with van der Waals surface area (Å²) in [6, 6.07) is 0.707. The minimum absolute atomic E-state index is 0.251. The fourth-order valence-corrected chi connectivity index (χ4v) is 2.52. The maximum absolute atomic E-state index is 5.80. The van der Waals surface area contributed by atoms with Gasteiger partial charge in [0.15, 0.2) is 0 Å². The second kappa shape index (κ2) is 5.29. The molecule has 2 heterocycles. The SMILES string of the molecule is C1CC(Oc2nnc(CNC3CC3)s2)CCO1. The van der Waals surface area contributed by atoms with Crippen LogP contribution in [0.1, 0.15) is 30.7 Å². The molecule has 1 N–H and O–H groups in total. The second-order valence-electron chi connectivity index (χ2n) is 4.55. The third-order valence-corrected chi connectivity index (χ3v) is 3.82. The lowest BCUT2D eigenvalue weighted by molar-refractivity contribution is 0.0252. The molecule has 0 bridgehead atoms. The number of nitrogens with zero attached hydrogens (tertiary/aromatic N) is 2. The number of rotatable bonds is 5. The normalized spacial score (nSPS) is 21.6. The predicted molar refractivity (Wildman–Crippen MR) is 64.2 cm³/mol. The summed E-state index contributed by atoms with van der Waals surface area (Å²) in [5.74, 6) is 0. The number of nitrogens with one attached hydrogen (secondary N) is 1. The first-order valence-corrected chi connectivity index (χ1v) is 7.02. The van der Waals surface area contributed by atoms with Crippen molar-refractivity contribution in [2.24, 2.45) is 0 Å². The Labute approximate surface area is 105 Å². The third-order valence-electron chi connectivity index (χ3n) is 3.00. The first-order valence-electron chi connectivity index (χ1n) is 6.20. The molecule has 1 aliphatic carbocycles. The van der Waals surface area contributed by atoms with E-state index in [2.05, 4.69) is 15.5 Å². The fourth-order valence-electron chi connectivity index (χ4n) is 1.81. The maximum atomic E-state index is 5.80. The van der Waals surface area contributed by atoms with Gasteiger partial charge in [0.1, 0.15) is 11.1 Å². The minimum Gasteiger partial charge on any atom is -0.465 e. The molecule has 0 amide bonds. The molecule has 1 aliphatic heterocycles. The molecule has 0 unspecified atom stereocenters. The number of aromatic nitrogens is 2. The quantitative estimate of drug-likeness (QED) is 0.860. The van der Waals surface area contributed by atoms with E-state index in [0.29, 0.717) is 11.2 Å². The number of hydrogen-bond acceptors (Lipinski definition) is 6. The highest BCUT2D eigenvalue weighted by Crippen LogP contribution is 2.24. The van der Waals surface area contributed by atoms with Gasteiger partial charge in [0.05, 0.1) is 19.8 Å². The van der Waals surface area contributed by atoms with Gasteiger partial charge in [-0.2, -0.15) is 0 Å². The summed E-state index contributed by atoms with van der Waals surface area (Å²) in [4.78, 5) is 0. The smallest absolute Gasteiger partial charge is 0.294 e. The Kier molecular flexibility index (Phi) is 3.54. The topological polar surface area (TPSA) is 56.3 Å². The molecule has 1 saturated heterocycles. The van der Waals surface area contributed by atoms with Crippen LogP contribution in [-0.4, -0.2) is 35.6 Å². The first kappa shape index (κ1) is 11.4. The monoisotopic (exact) mass is 255 g/mol.